The topological polar surface area (TPSA) is 65.2 Å². The molecule has 3 aromatic rings. The number of nitrogens with zero attached hydrogens (tertiary/aromatic N) is 2. The lowest BCUT2D eigenvalue weighted by molar-refractivity contribution is -0.0498. The molecule has 26 heavy (non-hydrogen) atoms. The first kappa shape index (κ1) is 18.1. The van der Waals surface area contributed by atoms with Crippen molar-refractivity contribution in [2.24, 2.45) is 0 Å². The quantitative estimate of drug-likeness (QED) is 0.443. The number of Topliss-reactive ketones (excluding diaryl/α,β-unsaturated/α-hetero) is 1. The summed E-state index contributed by atoms with van der Waals surface area (Å²) in [5, 5.41) is 8.22. The highest BCUT2D eigenvalue weighted by atomic mass is 32.2. The highest BCUT2D eigenvalue weighted by Crippen LogP contribution is 2.26. The Bertz CT molecular complexity index is 897. The Balaban J connectivity index is 1.61. The molecule has 0 amide bonds. The molecule has 0 fully saturated rings. The Labute approximate surface area is 152 Å². The number of rotatable bonds is 7. The minimum atomic E-state index is -2.90. The standard InChI is InChI=1S/C18H14F2N2O3S/c1-11-4-2-3-5-14(11)16-21-22-18(25-16)26-10-15(23)12-6-8-13(9-7-12)24-17(19)20/h2-9,17H,10H2,1H3. The van der Waals surface area contributed by atoms with Gasteiger partial charge < -0.3 is 9.15 Å². The van der Waals surface area contributed by atoms with Gasteiger partial charge in [-0.2, -0.15) is 8.78 Å². The normalized spacial score (nSPS) is 10.9. The predicted octanol–water partition coefficient (Wildman–Crippen LogP) is 4.62. The van der Waals surface area contributed by atoms with E-state index in [1.807, 2.05) is 31.2 Å². The third-order valence-corrected chi connectivity index (χ3v) is 4.33. The minimum absolute atomic E-state index is 0.00368. The number of benzene rings is 2. The van der Waals surface area contributed by atoms with Gasteiger partial charge in [0.2, 0.25) is 5.89 Å². The van der Waals surface area contributed by atoms with E-state index in [0.29, 0.717) is 11.5 Å². The Kier molecular flexibility index (Phi) is 5.62. The molecule has 1 heterocycles. The molecule has 0 aliphatic rings. The molecule has 0 N–H and O–H groups in total. The van der Waals surface area contributed by atoms with Crippen molar-refractivity contribution >= 4 is 17.5 Å². The van der Waals surface area contributed by atoms with E-state index in [0.717, 1.165) is 22.9 Å². The Morgan fingerprint density at radius 2 is 1.88 bits per heavy atom. The fraction of sp³-hybridized carbons (Fsp3) is 0.167. The molecule has 0 bridgehead atoms. The van der Waals surface area contributed by atoms with E-state index in [1.54, 1.807) is 0 Å². The molecule has 134 valence electrons. The Morgan fingerprint density at radius 1 is 1.15 bits per heavy atom. The van der Waals surface area contributed by atoms with Crippen molar-refractivity contribution in [2.45, 2.75) is 18.8 Å². The molecule has 0 saturated heterocycles. The molecule has 5 nitrogen and oxygen atoms in total. The number of carbonyl (C=O) groups is 1. The summed E-state index contributed by atoms with van der Waals surface area (Å²) >= 11 is 1.12. The van der Waals surface area contributed by atoms with Gasteiger partial charge in [-0.05, 0) is 42.8 Å². The summed E-state index contributed by atoms with van der Waals surface area (Å²) in [6.07, 6.45) is 0. The lowest BCUT2D eigenvalue weighted by Gasteiger charge is -2.04. The van der Waals surface area contributed by atoms with Crippen molar-refractivity contribution in [3.8, 4) is 17.2 Å². The molecule has 1 aromatic heterocycles. The van der Waals surface area contributed by atoms with E-state index < -0.39 is 6.61 Å². The number of thioether (sulfide) groups is 1. The van der Waals surface area contributed by atoms with Crippen LogP contribution in [0, 0.1) is 6.92 Å². The summed E-state index contributed by atoms with van der Waals surface area (Å²) < 4.78 is 34.1. The van der Waals surface area contributed by atoms with E-state index in [-0.39, 0.29) is 22.5 Å². The molecule has 0 atom stereocenters. The average Bonchev–Trinajstić information content (AvgIpc) is 3.09. The summed E-state index contributed by atoms with van der Waals surface area (Å²) in [5.74, 6) is 0.300. The smallest absolute Gasteiger partial charge is 0.387 e. The van der Waals surface area contributed by atoms with E-state index in [4.69, 9.17) is 4.42 Å². The zero-order valence-corrected chi connectivity index (χ0v) is 14.5. The van der Waals surface area contributed by atoms with Gasteiger partial charge in [-0.25, -0.2) is 0 Å². The number of carbonyl (C=O) groups excluding carboxylic acids is 1. The van der Waals surface area contributed by atoms with Crippen molar-refractivity contribution in [3.05, 3.63) is 59.7 Å². The van der Waals surface area contributed by atoms with Crippen LogP contribution in [0.4, 0.5) is 8.78 Å². The molecule has 2 aromatic carbocycles. The molecule has 0 saturated carbocycles. The van der Waals surface area contributed by atoms with Crippen molar-refractivity contribution in [2.75, 3.05) is 5.75 Å². The van der Waals surface area contributed by atoms with Crippen LogP contribution >= 0.6 is 11.8 Å². The van der Waals surface area contributed by atoms with Gasteiger partial charge in [0.05, 0.1) is 5.75 Å². The number of hydrogen-bond acceptors (Lipinski definition) is 6. The van der Waals surface area contributed by atoms with Gasteiger partial charge in [-0.15, -0.1) is 10.2 Å². The van der Waals surface area contributed by atoms with Gasteiger partial charge in [-0.1, -0.05) is 30.0 Å². The lowest BCUT2D eigenvalue weighted by atomic mass is 10.1. The molecular weight excluding hydrogens is 362 g/mol. The largest absolute Gasteiger partial charge is 0.435 e. The fourth-order valence-electron chi connectivity index (χ4n) is 2.22. The number of ketones is 1. The van der Waals surface area contributed by atoms with Gasteiger partial charge in [0.1, 0.15) is 5.75 Å². The van der Waals surface area contributed by atoms with Crippen LogP contribution in [-0.4, -0.2) is 28.3 Å². The summed E-state index contributed by atoms with van der Waals surface area (Å²) in [5.41, 5.74) is 2.24. The first-order chi connectivity index (χ1) is 12.5. The van der Waals surface area contributed by atoms with Crippen molar-refractivity contribution < 1.29 is 22.7 Å². The SMILES string of the molecule is Cc1ccccc1-c1nnc(SCC(=O)c2ccc(OC(F)F)cc2)o1. The second-order valence-electron chi connectivity index (χ2n) is 5.30. The second-order valence-corrected chi connectivity index (χ2v) is 6.23. The van der Waals surface area contributed by atoms with Crippen LogP contribution in [0.3, 0.4) is 0 Å². The van der Waals surface area contributed by atoms with Crippen LogP contribution in [0.2, 0.25) is 0 Å². The third kappa shape index (κ3) is 4.45. The molecule has 0 unspecified atom stereocenters. The maximum Gasteiger partial charge on any atom is 0.387 e. The predicted molar refractivity (Wildman–Crippen MR) is 92.6 cm³/mol. The number of hydrogen-bond donors (Lipinski definition) is 0. The summed E-state index contributed by atoms with van der Waals surface area (Å²) in [4.78, 5) is 12.2. The third-order valence-electron chi connectivity index (χ3n) is 3.51. The van der Waals surface area contributed by atoms with Crippen molar-refractivity contribution in [1.29, 1.82) is 0 Å². The van der Waals surface area contributed by atoms with Crippen LogP contribution in [-0.2, 0) is 0 Å². The van der Waals surface area contributed by atoms with E-state index >= 15 is 0 Å². The molecule has 0 spiro atoms. The van der Waals surface area contributed by atoms with Gasteiger partial charge in [0.25, 0.3) is 5.22 Å². The van der Waals surface area contributed by atoms with E-state index in [2.05, 4.69) is 14.9 Å². The highest BCUT2D eigenvalue weighted by Gasteiger charge is 2.14. The van der Waals surface area contributed by atoms with Gasteiger partial charge in [-0.3, -0.25) is 4.79 Å². The number of aryl methyl sites for hydroxylation is 1. The molecule has 8 heteroatoms. The molecule has 0 radical (unpaired) electrons. The number of ether oxygens (including phenoxy) is 1. The average molecular weight is 376 g/mol. The second kappa shape index (κ2) is 8.09. The van der Waals surface area contributed by atoms with E-state index in [9.17, 15) is 13.6 Å². The summed E-state index contributed by atoms with van der Waals surface area (Å²) in [6.45, 7) is -0.954. The number of halogens is 2. The van der Waals surface area contributed by atoms with Crippen LogP contribution in [0.5, 0.6) is 5.75 Å². The Morgan fingerprint density at radius 3 is 2.58 bits per heavy atom. The highest BCUT2D eigenvalue weighted by molar-refractivity contribution is 7.99. The zero-order valence-electron chi connectivity index (χ0n) is 13.7. The fourth-order valence-corrected chi connectivity index (χ4v) is 2.88. The van der Waals surface area contributed by atoms with Crippen molar-refractivity contribution in [3.63, 3.8) is 0 Å². The monoisotopic (exact) mass is 376 g/mol. The molecule has 0 aliphatic carbocycles. The molecule has 3 rings (SSSR count). The van der Waals surface area contributed by atoms with Crippen LogP contribution in [0.25, 0.3) is 11.5 Å². The maximum absolute atomic E-state index is 12.2. The van der Waals surface area contributed by atoms with Gasteiger partial charge in [0.15, 0.2) is 5.78 Å². The number of aromatic nitrogens is 2. The first-order valence-electron chi connectivity index (χ1n) is 7.63. The minimum Gasteiger partial charge on any atom is -0.435 e. The molecule has 0 aliphatic heterocycles. The van der Waals surface area contributed by atoms with Gasteiger partial charge >= 0.3 is 6.61 Å². The van der Waals surface area contributed by atoms with Crippen LogP contribution in [0.1, 0.15) is 15.9 Å². The first-order valence-corrected chi connectivity index (χ1v) is 8.62. The maximum atomic E-state index is 12.2. The molecular formula is C18H14F2N2O3S. The Hall–Kier alpha value is -2.74. The van der Waals surface area contributed by atoms with Crippen LogP contribution in [0.15, 0.2) is 58.2 Å². The van der Waals surface area contributed by atoms with Crippen molar-refractivity contribution in [1.82, 2.24) is 10.2 Å². The van der Waals surface area contributed by atoms with Gasteiger partial charge in [0, 0.05) is 11.1 Å². The summed E-state index contributed by atoms with van der Waals surface area (Å²) in [6, 6.07) is 13.1. The number of alkyl halides is 2. The summed E-state index contributed by atoms with van der Waals surface area (Å²) in [7, 11) is 0. The zero-order chi connectivity index (χ0) is 18.5. The van der Waals surface area contributed by atoms with Crippen LogP contribution < -0.4 is 4.74 Å². The van der Waals surface area contributed by atoms with E-state index in [1.165, 1.54) is 24.3 Å². The lowest BCUT2D eigenvalue weighted by Crippen LogP contribution is -2.04.